The number of nitrogens with zero attached hydrogens (tertiary/aromatic N) is 5. The van der Waals surface area contributed by atoms with E-state index in [-0.39, 0.29) is 11.9 Å². The third kappa shape index (κ3) is 6.14. The lowest BCUT2D eigenvalue weighted by Crippen LogP contribution is -2.54. The van der Waals surface area contributed by atoms with Crippen molar-refractivity contribution in [2.45, 2.75) is 26.4 Å². The molecule has 0 radical (unpaired) electrons. The largest absolute Gasteiger partial charge is 0.354 e. The van der Waals surface area contributed by atoms with E-state index < -0.39 is 0 Å². The van der Waals surface area contributed by atoms with E-state index in [1.54, 1.807) is 18.4 Å². The van der Waals surface area contributed by atoms with Crippen molar-refractivity contribution in [2.24, 2.45) is 4.99 Å². The highest BCUT2D eigenvalue weighted by Gasteiger charge is 2.21. The lowest BCUT2D eigenvalue weighted by molar-refractivity contribution is -0.123. The normalized spacial score (nSPS) is 16.1. The van der Waals surface area contributed by atoms with Crippen LogP contribution in [-0.4, -0.2) is 86.6 Å². The number of hydrogen-bond donors (Lipinski definition) is 2. The molecule has 26 heavy (non-hydrogen) atoms. The molecule has 1 saturated heterocycles. The Hall–Kier alpha value is -1.87. The minimum absolute atomic E-state index is 0.0937. The Kier molecular flexibility index (Phi) is 7.65. The highest BCUT2D eigenvalue weighted by molar-refractivity contribution is 7.13. The van der Waals surface area contributed by atoms with Crippen molar-refractivity contribution in [2.75, 3.05) is 58.8 Å². The topological polar surface area (TPSA) is 76.1 Å². The molecule has 9 heteroatoms. The quantitative estimate of drug-likeness (QED) is 0.550. The van der Waals surface area contributed by atoms with Crippen LogP contribution >= 0.6 is 11.3 Å². The van der Waals surface area contributed by atoms with Gasteiger partial charge in [0.1, 0.15) is 0 Å². The molecule has 0 saturated carbocycles. The Morgan fingerprint density at radius 3 is 2.58 bits per heavy atom. The predicted molar refractivity (Wildman–Crippen MR) is 108 cm³/mol. The fraction of sp³-hybridized carbons (Fsp3) is 0.706. The van der Waals surface area contributed by atoms with Crippen molar-refractivity contribution in [1.29, 1.82) is 0 Å². The summed E-state index contributed by atoms with van der Waals surface area (Å²) >= 11 is 1.64. The van der Waals surface area contributed by atoms with Crippen LogP contribution in [0.15, 0.2) is 10.4 Å². The fourth-order valence-corrected chi connectivity index (χ4v) is 3.53. The highest BCUT2D eigenvalue weighted by atomic mass is 32.1. The Labute approximate surface area is 160 Å². The van der Waals surface area contributed by atoms with Gasteiger partial charge in [-0.1, -0.05) is 0 Å². The Bertz CT molecular complexity index is 606. The maximum absolute atomic E-state index is 11.9. The number of amides is 1. The molecule has 2 heterocycles. The third-order valence-electron chi connectivity index (χ3n) is 4.05. The molecule has 0 unspecified atom stereocenters. The van der Waals surface area contributed by atoms with Gasteiger partial charge in [0, 0.05) is 58.7 Å². The lowest BCUT2D eigenvalue weighted by atomic mass is 10.3. The molecule has 1 amide bonds. The van der Waals surface area contributed by atoms with Crippen LogP contribution in [0.4, 0.5) is 5.13 Å². The summed E-state index contributed by atoms with van der Waals surface area (Å²) in [6, 6.07) is 0.186. The van der Waals surface area contributed by atoms with E-state index in [2.05, 4.69) is 35.8 Å². The number of aliphatic imine (C=N–C) groups is 1. The zero-order valence-electron chi connectivity index (χ0n) is 16.4. The standard InChI is InChI=1S/C17H31N7OS/c1-13(2)20-15(25)11-23-6-8-24(9-7-23)16(18-3)19-10-14-12-26-17(21-14)22(4)5/h12-13H,6-11H2,1-5H3,(H,18,19)(H,20,25). The molecular weight excluding hydrogens is 350 g/mol. The number of carbonyl (C=O) groups excluding carboxylic acids is 1. The molecule has 1 aliphatic heterocycles. The minimum atomic E-state index is 0.0937. The number of rotatable bonds is 6. The molecule has 0 aromatic carbocycles. The molecule has 1 fully saturated rings. The first-order chi connectivity index (χ1) is 12.4. The Balaban J connectivity index is 1.78. The van der Waals surface area contributed by atoms with Gasteiger partial charge in [0.2, 0.25) is 5.91 Å². The predicted octanol–water partition coefficient (Wildman–Crippen LogP) is 0.427. The second-order valence-corrected chi connectivity index (χ2v) is 7.74. The van der Waals surface area contributed by atoms with Crippen LogP contribution in [-0.2, 0) is 11.3 Å². The van der Waals surface area contributed by atoms with E-state index in [1.165, 1.54) is 0 Å². The van der Waals surface area contributed by atoms with Gasteiger partial charge in [-0.05, 0) is 13.8 Å². The number of anilines is 1. The van der Waals surface area contributed by atoms with Gasteiger partial charge >= 0.3 is 0 Å². The van der Waals surface area contributed by atoms with Gasteiger partial charge in [0.25, 0.3) is 0 Å². The summed E-state index contributed by atoms with van der Waals surface area (Å²) in [4.78, 5) is 27.3. The first-order valence-corrected chi connectivity index (χ1v) is 9.86. The van der Waals surface area contributed by atoms with Gasteiger partial charge in [-0.3, -0.25) is 14.7 Å². The monoisotopic (exact) mass is 381 g/mol. The van der Waals surface area contributed by atoms with E-state index >= 15 is 0 Å². The van der Waals surface area contributed by atoms with Crippen molar-refractivity contribution in [3.8, 4) is 0 Å². The summed E-state index contributed by atoms with van der Waals surface area (Å²) in [5, 5.41) is 9.41. The summed E-state index contributed by atoms with van der Waals surface area (Å²) in [5.74, 6) is 0.979. The van der Waals surface area contributed by atoms with Crippen LogP contribution in [0.2, 0.25) is 0 Å². The van der Waals surface area contributed by atoms with Crippen LogP contribution in [0.25, 0.3) is 0 Å². The molecule has 1 aromatic rings. The molecule has 0 aliphatic carbocycles. The first kappa shape index (κ1) is 20.4. The molecule has 1 aliphatic rings. The summed E-state index contributed by atoms with van der Waals surface area (Å²) in [7, 11) is 5.79. The summed E-state index contributed by atoms with van der Waals surface area (Å²) < 4.78 is 0. The number of guanidine groups is 1. The molecule has 1 aromatic heterocycles. The number of hydrogen-bond acceptors (Lipinski definition) is 6. The zero-order chi connectivity index (χ0) is 19.1. The van der Waals surface area contributed by atoms with Gasteiger partial charge in [-0.25, -0.2) is 4.98 Å². The maximum atomic E-state index is 11.9. The van der Waals surface area contributed by atoms with Gasteiger partial charge < -0.3 is 20.4 Å². The second kappa shape index (κ2) is 9.72. The third-order valence-corrected chi connectivity index (χ3v) is 5.11. The van der Waals surface area contributed by atoms with Crippen molar-refractivity contribution >= 4 is 28.3 Å². The average Bonchev–Trinajstić information content (AvgIpc) is 3.05. The van der Waals surface area contributed by atoms with Crippen molar-refractivity contribution in [3.63, 3.8) is 0 Å². The molecule has 0 bridgehead atoms. The number of carbonyl (C=O) groups is 1. The Morgan fingerprint density at radius 1 is 1.35 bits per heavy atom. The molecule has 2 N–H and O–H groups in total. The van der Waals surface area contributed by atoms with Crippen LogP contribution in [0.1, 0.15) is 19.5 Å². The Morgan fingerprint density at radius 2 is 2.04 bits per heavy atom. The van der Waals surface area contributed by atoms with E-state index in [9.17, 15) is 4.79 Å². The summed E-state index contributed by atoms with van der Waals surface area (Å²) in [5.41, 5.74) is 1.02. The number of aromatic nitrogens is 1. The molecule has 146 valence electrons. The summed E-state index contributed by atoms with van der Waals surface area (Å²) in [6.07, 6.45) is 0. The second-order valence-electron chi connectivity index (χ2n) is 6.90. The van der Waals surface area contributed by atoms with Crippen molar-refractivity contribution < 1.29 is 4.79 Å². The molecule has 0 spiro atoms. The SMILES string of the molecule is CN=C(NCc1csc(N(C)C)n1)N1CCN(CC(=O)NC(C)C)CC1. The van der Waals surface area contributed by atoms with Gasteiger partial charge in [0.05, 0.1) is 18.8 Å². The average molecular weight is 382 g/mol. The molecule has 8 nitrogen and oxygen atoms in total. The molecule has 2 rings (SSSR count). The smallest absolute Gasteiger partial charge is 0.234 e. The van der Waals surface area contributed by atoms with Gasteiger partial charge in [-0.2, -0.15) is 0 Å². The highest BCUT2D eigenvalue weighted by Crippen LogP contribution is 2.17. The fourth-order valence-electron chi connectivity index (χ4n) is 2.77. The van der Waals surface area contributed by atoms with E-state index in [1.807, 2.05) is 32.8 Å². The number of piperazine rings is 1. The maximum Gasteiger partial charge on any atom is 0.234 e. The zero-order valence-corrected chi connectivity index (χ0v) is 17.3. The van der Waals surface area contributed by atoms with E-state index in [0.29, 0.717) is 13.1 Å². The van der Waals surface area contributed by atoms with Gasteiger partial charge in [-0.15, -0.1) is 11.3 Å². The summed E-state index contributed by atoms with van der Waals surface area (Å²) in [6.45, 7) is 8.51. The first-order valence-electron chi connectivity index (χ1n) is 8.98. The minimum Gasteiger partial charge on any atom is -0.354 e. The molecule has 0 atom stereocenters. The van der Waals surface area contributed by atoms with Gasteiger partial charge in [0.15, 0.2) is 11.1 Å². The van der Waals surface area contributed by atoms with Crippen molar-refractivity contribution in [1.82, 2.24) is 25.4 Å². The van der Waals surface area contributed by atoms with Crippen LogP contribution < -0.4 is 15.5 Å². The lowest BCUT2D eigenvalue weighted by Gasteiger charge is -2.36. The number of thiazole rings is 1. The van der Waals surface area contributed by atoms with Crippen molar-refractivity contribution in [3.05, 3.63) is 11.1 Å². The van der Waals surface area contributed by atoms with Crippen LogP contribution in [0, 0.1) is 0 Å². The van der Waals surface area contributed by atoms with Crippen LogP contribution in [0.5, 0.6) is 0 Å². The number of nitrogens with one attached hydrogen (secondary N) is 2. The van der Waals surface area contributed by atoms with E-state index in [0.717, 1.165) is 43.0 Å². The van der Waals surface area contributed by atoms with E-state index in [4.69, 9.17) is 0 Å². The van der Waals surface area contributed by atoms with Crippen LogP contribution in [0.3, 0.4) is 0 Å². The molecular formula is C17H31N7OS.